The highest BCUT2D eigenvalue weighted by Gasteiger charge is 2.16. The Morgan fingerprint density at radius 1 is 1.10 bits per heavy atom. The molecule has 0 atom stereocenters. The van der Waals surface area contributed by atoms with Crippen molar-refractivity contribution in [2.75, 3.05) is 5.32 Å². The molecule has 152 valence electrons. The number of anilines is 1. The highest BCUT2D eigenvalue weighted by Crippen LogP contribution is 2.25. The number of hydrogen-bond donors (Lipinski definition) is 2. The molecule has 6 heteroatoms. The molecule has 4 rings (SSSR count). The number of aromatic nitrogens is 1. The fraction of sp³-hybridized carbons (Fsp3) is 0.208. The Bertz CT molecular complexity index is 1110. The van der Waals surface area contributed by atoms with Crippen molar-refractivity contribution < 1.29 is 14.3 Å². The maximum absolute atomic E-state index is 12.5. The van der Waals surface area contributed by atoms with E-state index < -0.39 is 0 Å². The quantitative estimate of drug-likeness (QED) is 0.668. The van der Waals surface area contributed by atoms with E-state index in [0.717, 1.165) is 33.7 Å². The molecule has 0 bridgehead atoms. The molecule has 0 unspecified atom stereocenters. The Labute approximate surface area is 175 Å². The summed E-state index contributed by atoms with van der Waals surface area (Å²) >= 11 is 0. The largest absolute Gasteiger partial charge is 0.439 e. The second-order valence-electron chi connectivity index (χ2n) is 7.48. The van der Waals surface area contributed by atoms with Crippen molar-refractivity contribution in [1.82, 2.24) is 10.3 Å². The molecule has 0 aliphatic carbocycles. The zero-order valence-corrected chi connectivity index (χ0v) is 17.0. The lowest BCUT2D eigenvalue weighted by molar-refractivity contribution is -0.116. The molecule has 1 aromatic heterocycles. The van der Waals surface area contributed by atoms with Crippen LogP contribution in [-0.2, 0) is 17.8 Å². The van der Waals surface area contributed by atoms with Gasteiger partial charge in [0.05, 0.1) is 0 Å². The number of nitrogens with zero attached hydrogens (tertiary/aromatic N) is 1. The summed E-state index contributed by atoms with van der Waals surface area (Å²) in [7, 11) is 0. The minimum Gasteiger partial charge on any atom is -0.439 e. The van der Waals surface area contributed by atoms with Crippen molar-refractivity contribution in [2.24, 2.45) is 0 Å². The van der Waals surface area contributed by atoms with Crippen molar-refractivity contribution in [3.05, 3.63) is 82.5 Å². The number of fused-ring (bicyclic) bond motifs is 1. The summed E-state index contributed by atoms with van der Waals surface area (Å²) < 4.78 is 5.87. The molecular formula is C24H23N3O3. The Kier molecular flexibility index (Phi) is 5.48. The summed E-state index contributed by atoms with van der Waals surface area (Å²) in [4.78, 5) is 28.3. The van der Waals surface area contributed by atoms with Gasteiger partial charge in [-0.1, -0.05) is 18.2 Å². The van der Waals surface area contributed by atoms with Gasteiger partial charge in [-0.05, 0) is 66.8 Å². The van der Waals surface area contributed by atoms with Gasteiger partial charge in [-0.25, -0.2) is 4.98 Å². The molecule has 1 aliphatic rings. The topological polar surface area (TPSA) is 80.3 Å². The second-order valence-corrected chi connectivity index (χ2v) is 7.48. The molecule has 30 heavy (non-hydrogen) atoms. The maximum atomic E-state index is 12.5. The SMILES string of the molecule is Cc1ccc(C)c(Oc2ccc(CNC(=O)c3ccc4c(c3)CCC(=O)N4)cn2)c1. The molecule has 6 nitrogen and oxygen atoms in total. The van der Waals surface area contributed by atoms with Crippen LogP contribution in [0.15, 0.2) is 54.7 Å². The first-order valence-electron chi connectivity index (χ1n) is 9.89. The monoisotopic (exact) mass is 401 g/mol. The molecule has 0 spiro atoms. The molecule has 0 fully saturated rings. The third kappa shape index (κ3) is 4.49. The van der Waals surface area contributed by atoms with Crippen molar-refractivity contribution in [2.45, 2.75) is 33.2 Å². The van der Waals surface area contributed by atoms with Crippen LogP contribution in [0, 0.1) is 13.8 Å². The van der Waals surface area contributed by atoms with Crippen LogP contribution in [0.5, 0.6) is 11.6 Å². The van der Waals surface area contributed by atoms with Crippen molar-refractivity contribution in [1.29, 1.82) is 0 Å². The molecule has 0 saturated carbocycles. The van der Waals surface area contributed by atoms with E-state index >= 15 is 0 Å². The minimum absolute atomic E-state index is 0.0113. The van der Waals surface area contributed by atoms with Gasteiger partial charge in [-0.3, -0.25) is 9.59 Å². The first-order valence-corrected chi connectivity index (χ1v) is 9.89. The van der Waals surface area contributed by atoms with Crippen LogP contribution in [0.3, 0.4) is 0 Å². The zero-order valence-electron chi connectivity index (χ0n) is 17.0. The number of pyridine rings is 1. The smallest absolute Gasteiger partial charge is 0.251 e. The summed E-state index contributed by atoms with van der Waals surface area (Å²) in [6.07, 6.45) is 2.79. The number of carbonyl (C=O) groups is 2. The molecule has 2 aromatic carbocycles. The molecule has 2 heterocycles. The van der Waals surface area contributed by atoms with Gasteiger partial charge < -0.3 is 15.4 Å². The Hall–Kier alpha value is -3.67. The highest BCUT2D eigenvalue weighted by molar-refractivity contribution is 5.97. The van der Waals surface area contributed by atoms with Gasteiger partial charge in [0.25, 0.3) is 5.91 Å². The fourth-order valence-corrected chi connectivity index (χ4v) is 3.31. The van der Waals surface area contributed by atoms with Gasteiger partial charge in [-0.2, -0.15) is 0 Å². The third-order valence-corrected chi connectivity index (χ3v) is 5.07. The number of benzene rings is 2. The first kappa shape index (κ1) is 19.6. The van der Waals surface area contributed by atoms with E-state index in [9.17, 15) is 9.59 Å². The average molecular weight is 401 g/mol. The number of carbonyl (C=O) groups excluding carboxylic acids is 2. The summed E-state index contributed by atoms with van der Waals surface area (Å²) in [5.41, 5.74) is 5.39. The fourth-order valence-electron chi connectivity index (χ4n) is 3.31. The number of aryl methyl sites for hydroxylation is 3. The summed E-state index contributed by atoms with van der Waals surface area (Å²) in [5.74, 6) is 1.14. The van der Waals surface area contributed by atoms with Crippen molar-refractivity contribution >= 4 is 17.5 Å². The molecule has 2 amide bonds. The number of ether oxygens (including phenoxy) is 1. The average Bonchev–Trinajstić information content (AvgIpc) is 2.75. The van der Waals surface area contributed by atoms with E-state index in [1.165, 1.54) is 0 Å². The van der Waals surface area contributed by atoms with Gasteiger partial charge in [-0.15, -0.1) is 0 Å². The standard InChI is InChI=1S/C24H23N3O3/c1-15-3-4-16(2)21(11-15)30-23-10-5-17(13-25-23)14-26-24(29)19-6-8-20-18(12-19)7-9-22(28)27-20/h3-6,8,10-13H,7,9,14H2,1-2H3,(H,26,29)(H,27,28). The number of rotatable bonds is 5. The first-order chi connectivity index (χ1) is 14.5. The van der Waals surface area contributed by atoms with Crippen LogP contribution < -0.4 is 15.4 Å². The number of amides is 2. The van der Waals surface area contributed by atoms with Crippen molar-refractivity contribution in [3.63, 3.8) is 0 Å². The predicted octanol–water partition coefficient (Wildman–Crippen LogP) is 4.31. The van der Waals surface area contributed by atoms with E-state index in [4.69, 9.17) is 4.74 Å². The van der Waals surface area contributed by atoms with Crippen molar-refractivity contribution in [3.8, 4) is 11.6 Å². The Balaban J connectivity index is 1.36. The summed E-state index contributed by atoms with van der Waals surface area (Å²) in [6.45, 7) is 4.38. The van der Waals surface area contributed by atoms with Gasteiger partial charge in [0.1, 0.15) is 5.75 Å². The van der Waals surface area contributed by atoms with E-state index in [2.05, 4.69) is 15.6 Å². The molecular weight excluding hydrogens is 378 g/mol. The normalized spacial score (nSPS) is 12.7. The lowest BCUT2D eigenvalue weighted by atomic mass is 10.00. The van der Waals surface area contributed by atoms with Crippen LogP contribution in [0.25, 0.3) is 0 Å². The van der Waals surface area contributed by atoms with Gasteiger partial charge in [0, 0.05) is 36.5 Å². The highest BCUT2D eigenvalue weighted by atomic mass is 16.5. The van der Waals surface area contributed by atoms with Gasteiger partial charge in [0.2, 0.25) is 11.8 Å². The minimum atomic E-state index is -0.162. The molecule has 0 saturated heterocycles. The predicted molar refractivity (Wildman–Crippen MR) is 115 cm³/mol. The molecule has 0 radical (unpaired) electrons. The third-order valence-electron chi connectivity index (χ3n) is 5.07. The Morgan fingerprint density at radius 3 is 2.77 bits per heavy atom. The summed E-state index contributed by atoms with van der Waals surface area (Å²) in [6, 6.07) is 15.1. The molecule has 3 aromatic rings. The van der Waals surface area contributed by atoms with Gasteiger partial charge in [0.15, 0.2) is 0 Å². The van der Waals surface area contributed by atoms with Crippen LogP contribution in [0.1, 0.15) is 39.0 Å². The van der Waals surface area contributed by atoms with Crippen LogP contribution in [0.4, 0.5) is 5.69 Å². The second kappa shape index (κ2) is 8.37. The van der Waals surface area contributed by atoms with E-state index in [-0.39, 0.29) is 11.8 Å². The number of nitrogens with one attached hydrogen (secondary N) is 2. The van der Waals surface area contributed by atoms with Crippen LogP contribution in [0.2, 0.25) is 0 Å². The summed E-state index contributed by atoms with van der Waals surface area (Å²) in [5, 5.41) is 5.73. The maximum Gasteiger partial charge on any atom is 0.251 e. The van der Waals surface area contributed by atoms with Crippen LogP contribution >= 0.6 is 0 Å². The number of hydrogen-bond acceptors (Lipinski definition) is 4. The lowest BCUT2D eigenvalue weighted by Gasteiger charge is -2.17. The van der Waals surface area contributed by atoms with E-state index in [1.54, 1.807) is 24.4 Å². The molecule has 1 aliphatic heterocycles. The van der Waals surface area contributed by atoms with Gasteiger partial charge >= 0.3 is 0 Å². The zero-order chi connectivity index (χ0) is 21.1. The lowest BCUT2D eigenvalue weighted by Crippen LogP contribution is -2.24. The van der Waals surface area contributed by atoms with E-state index in [0.29, 0.717) is 30.8 Å². The molecule has 2 N–H and O–H groups in total. The van der Waals surface area contributed by atoms with Crippen LogP contribution in [-0.4, -0.2) is 16.8 Å². The Morgan fingerprint density at radius 2 is 1.97 bits per heavy atom. The van der Waals surface area contributed by atoms with E-state index in [1.807, 2.05) is 44.2 Å².